The lowest BCUT2D eigenvalue weighted by molar-refractivity contribution is -0.168. The molecule has 1 aromatic carbocycles. The zero-order valence-corrected chi connectivity index (χ0v) is 12.9. The van der Waals surface area contributed by atoms with E-state index < -0.39 is 0 Å². The summed E-state index contributed by atoms with van der Waals surface area (Å²) in [5.74, 6) is 1.48. The molecule has 5 heteroatoms. The SMILES string of the molecule is COc1cc(COC2CCCCO2)cc(OC)c1Br. The molecule has 0 N–H and O–H groups in total. The third kappa shape index (κ3) is 3.84. The maximum absolute atomic E-state index is 5.76. The Morgan fingerprint density at radius 3 is 2.42 bits per heavy atom. The molecule has 1 saturated heterocycles. The summed E-state index contributed by atoms with van der Waals surface area (Å²) < 4.78 is 22.7. The third-order valence-electron chi connectivity index (χ3n) is 3.08. The minimum Gasteiger partial charge on any atom is -0.495 e. The van der Waals surface area contributed by atoms with Crippen LogP contribution in [0.2, 0.25) is 0 Å². The zero-order valence-electron chi connectivity index (χ0n) is 11.3. The van der Waals surface area contributed by atoms with Crippen molar-refractivity contribution in [3.8, 4) is 11.5 Å². The molecule has 1 heterocycles. The van der Waals surface area contributed by atoms with Crippen LogP contribution < -0.4 is 9.47 Å². The van der Waals surface area contributed by atoms with Gasteiger partial charge in [-0.05, 0) is 52.9 Å². The van der Waals surface area contributed by atoms with E-state index in [9.17, 15) is 0 Å². The summed E-state index contributed by atoms with van der Waals surface area (Å²) >= 11 is 3.45. The van der Waals surface area contributed by atoms with Crippen LogP contribution in [0.25, 0.3) is 0 Å². The van der Waals surface area contributed by atoms with Crippen LogP contribution >= 0.6 is 15.9 Å². The van der Waals surface area contributed by atoms with Crippen molar-refractivity contribution in [2.45, 2.75) is 32.2 Å². The summed E-state index contributed by atoms with van der Waals surface area (Å²) in [4.78, 5) is 0. The summed E-state index contributed by atoms with van der Waals surface area (Å²) in [6, 6.07) is 3.88. The van der Waals surface area contributed by atoms with Gasteiger partial charge in [0.05, 0.1) is 20.8 Å². The van der Waals surface area contributed by atoms with Crippen molar-refractivity contribution in [1.82, 2.24) is 0 Å². The summed E-state index contributed by atoms with van der Waals surface area (Å²) in [6.07, 6.45) is 3.16. The smallest absolute Gasteiger partial charge is 0.158 e. The quantitative estimate of drug-likeness (QED) is 0.827. The van der Waals surface area contributed by atoms with Gasteiger partial charge in [-0.2, -0.15) is 0 Å². The maximum atomic E-state index is 5.76. The molecule has 1 unspecified atom stereocenters. The van der Waals surface area contributed by atoms with Gasteiger partial charge in [-0.1, -0.05) is 0 Å². The Morgan fingerprint density at radius 2 is 1.89 bits per heavy atom. The number of ether oxygens (including phenoxy) is 4. The second-order valence-corrected chi connectivity index (χ2v) is 5.21. The number of methoxy groups -OCH3 is 2. The lowest BCUT2D eigenvalue weighted by atomic mass is 10.2. The molecule has 1 aliphatic heterocycles. The van der Waals surface area contributed by atoms with Crippen molar-refractivity contribution >= 4 is 15.9 Å². The molecular weight excluding hydrogens is 312 g/mol. The van der Waals surface area contributed by atoms with Crippen LogP contribution in [0.5, 0.6) is 11.5 Å². The van der Waals surface area contributed by atoms with Gasteiger partial charge in [0.1, 0.15) is 16.0 Å². The molecule has 1 atom stereocenters. The first-order valence-electron chi connectivity index (χ1n) is 6.38. The van der Waals surface area contributed by atoms with E-state index in [1.807, 2.05) is 12.1 Å². The molecular formula is C14H19BrO4. The van der Waals surface area contributed by atoms with Gasteiger partial charge in [-0.25, -0.2) is 0 Å². The Labute approximate surface area is 122 Å². The largest absolute Gasteiger partial charge is 0.495 e. The van der Waals surface area contributed by atoms with Gasteiger partial charge >= 0.3 is 0 Å². The molecule has 0 radical (unpaired) electrons. The molecule has 1 fully saturated rings. The van der Waals surface area contributed by atoms with Crippen LogP contribution in [0.3, 0.4) is 0 Å². The second-order valence-electron chi connectivity index (χ2n) is 4.42. The highest BCUT2D eigenvalue weighted by Crippen LogP contribution is 2.36. The Morgan fingerprint density at radius 1 is 1.21 bits per heavy atom. The number of hydrogen-bond donors (Lipinski definition) is 0. The molecule has 0 spiro atoms. The normalized spacial score (nSPS) is 19.2. The van der Waals surface area contributed by atoms with Crippen molar-refractivity contribution in [2.24, 2.45) is 0 Å². The van der Waals surface area contributed by atoms with E-state index >= 15 is 0 Å². The highest BCUT2D eigenvalue weighted by molar-refractivity contribution is 9.10. The fourth-order valence-electron chi connectivity index (χ4n) is 2.04. The Balaban J connectivity index is 2.02. The van der Waals surface area contributed by atoms with Gasteiger partial charge < -0.3 is 18.9 Å². The number of benzene rings is 1. The first-order valence-corrected chi connectivity index (χ1v) is 7.17. The van der Waals surface area contributed by atoms with Gasteiger partial charge in [0.15, 0.2) is 6.29 Å². The van der Waals surface area contributed by atoms with Crippen LogP contribution in [0, 0.1) is 0 Å². The van der Waals surface area contributed by atoms with Crippen molar-refractivity contribution < 1.29 is 18.9 Å². The van der Waals surface area contributed by atoms with Crippen LogP contribution in [0.4, 0.5) is 0 Å². The van der Waals surface area contributed by atoms with Crippen LogP contribution in [-0.2, 0) is 16.1 Å². The van der Waals surface area contributed by atoms with Gasteiger partial charge in [0, 0.05) is 6.61 Å². The molecule has 106 valence electrons. The highest BCUT2D eigenvalue weighted by atomic mass is 79.9. The molecule has 1 aromatic rings. The third-order valence-corrected chi connectivity index (χ3v) is 3.86. The summed E-state index contributed by atoms with van der Waals surface area (Å²) in [5, 5.41) is 0. The fraction of sp³-hybridized carbons (Fsp3) is 0.571. The van der Waals surface area contributed by atoms with Crippen LogP contribution in [0.15, 0.2) is 16.6 Å². The van der Waals surface area contributed by atoms with Crippen LogP contribution in [-0.4, -0.2) is 27.1 Å². The average Bonchev–Trinajstić information content (AvgIpc) is 2.47. The molecule has 0 aliphatic carbocycles. The van der Waals surface area contributed by atoms with Gasteiger partial charge in [0.2, 0.25) is 0 Å². The van der Waals surface area contributed by atoms with E-state index in [2.05, 4.69) is 15.9 Å². The lowest BCUT2D eigenvalue weighted by Crippen LogP contribution is -2.22. The monoisotopic (exact) mass is 330 g/mol. The predicted molar refractivity (Wildman–Crippen MR) is 75.6 cm³/mol. The van der Waals surface area contributed by atoms with E-state index in [0.29, 0.717) is 6.61 Å². The predicted octanol–water partition coefficient (Wildman–Crippen LogP) is 3.51. The molecule has 0 aromatic heterocycles. The number of rotatable bonds is 5. The van der Waals surface area contributed by atoms with Gasteiger partial charge in [0.25, 0.3) is 0 Å². The minimum absolute atomic E-state index is 0.0885. The van der Waals surface area contributed by atoms with E-state index in [1.165, 1.54) is 0 Å². The Hall–Kier alpha value is -0.780. The molecule has 0 amide bonds. The van der Waals surface area contributed by atoms with Crippen LogP contribution in [0.1, 0.15) is 24.8 Å². The summed E-state index contributed by atoms with van der Waals surface area (Å²) in [7, 11) is 3.27. The Kier molecular flexibility index (Phi) is 5.48. The van der Waals surface area contributed by atoms with Gasteiger partial charge in [-0.3, -0.25) is 0 Å². The Bertz CT molecular complexity index is 391. The first kappa shape index (κ1) is 14.6. The molecule has 4 nitrogen and oxygen atoms in total. The standard InChI is InChI=1S/C14H19BrO4/c1-16-11-7-10(8-12(17-2)14(11)15)9-19-13-5-3-4-6-18-13/h7-8,13H,3-6,9H2,1-2H3. The van der Waals surface area contributed by atoms with E-state index in [1.54, 1.807) is 14.2 Å². The topological polar surface area (TPSA) is 36.9 Å². The highest BCUT2D eigenvalue weighted by Gasteiger charge is 2.15. The number of hydrogen-bond acceptors (Lipinski definition) is 4. The molecule has 19 heavy (non-hydrogen) atoms. The molecule has 0 saturated carbocycles. The summed E-state index contributed by atoms with van der Waals surface area (Å²) in [5.41, 5.74) is 1.01. The average molecular weight is 331 g/mol. The van der Waals surface area contributed by atoms with Crippen molar-refractivity contribution in [2.75, 3.05) is 20.8 Å². The van der Waals surface area contributed by atoms with Crippen molar-refractivity contribution in [1.29, 1.82) is 0 Å². The fourth-order valence-corrected chi connectivity index (χ4v) is 2.59. The van der Waals surface area contributed by atoms with E-state index in [4.69, 9.17) is 18.9 Å². The molecule has 1 aliphatic rings. The lowest BCUT2D eigenvalue weighted by Gasteiger charge is -2.23. The number of halogens is 1. The van der Waals surface area contributed by atoms with Crippen molar-refractivity contribution in [3.05, 3.63) is 22.2 Å². The van der Waals surface area contributed by atoms with Crippen molar-refractivity contribution in [3.63, 3.8) is 0 Å². The zero-order chi connectivity index (χ0) is 13.7. The molecule has 2 rings (SSSR count). The van der Waals surface area contributed by atoms with Gasteiger partial charge in [-0.15, -0.1) is 0 Å². The minimum atomic E-state index is -0.0885. The second kappa shape index (κ2) is 7.12. The summed E-state index contributed by atoms with van der Waals surface area (Å²) in [6.45, 7) is 1.28. The van der Waals surface area contributed by atoms with E-state index in [-0.39, 0.29) is 6.29 Å². The first-order chi connectivity index (χ1) is 9.24. The van der Waals surface area contributed by atoms with E-state index in [0.717, 1.165) is 47.4 Å². The maximum Gasteiger partial charge on any atom is 0.158 e. The molecule has 0 bridgehead atoms.